The molecule has 2 heteroatoms. The van der Waals surface area contributed by atoms with E-state index in [1.807, 2.05) is 13.0 Å². The number of hydrogen-bond donors (Lipinski definition) is 0. The highest BCUT2D eigenvalue weighted by Gasteiger charge is 2.00. The SMILES string of the molecule is C=CCO/C(=C\C)c1ccc(F)cc1. The molecule has 14 heavy (non-hydrogen) atoms. The fraction of sp³-hybridized carbons (Fsp3) is 0.167. The van der Waals surface area contributed by atoms with Crippen molar-refractivity contribution in [1.29, 1.82) is 0 Å². The van der Waals surface area contributed by atoms with Gasteiger partial charge >= 0.3 is 0 Å². The molecular weight excluding hydrogens is 179 g/mol. The van der Waals surface area contributed by atoms with E-state index >= 15 is 0 Å². The third-order valence-electron chi connectivity index (χ3n) is 1.75. The summed E-state index contributed by atoms with van der Waals surface area (Å²) < 4.78 is 18.0. The van der Waals surface area contributed by atoms with Crippen LogP contribution in [-0.2, 0) is 4.74 Å². The first kappa shape index (κ1) is 10.5. The van der Waals surface area contributed by atoms with E-state index in [4.69, 9.17) is 4.74 Å². The van der Waals surface area contributed by atoms with E-state index < -0.39 is 0 Å². The Balaban J connectivity index is 2.79. The Bertz CT molecular complexity index is 325. The maximum absolute atomic E-state index is 12.6. The lowest BCUT2D eigenvalue weighted by Crippen LogP contribution is -1.92. The van der Waals surface area contributed by atoms with Crippen LogP contribution in [0.25, 0.3) is 5.76 Å². The molecule has 0 heterocycles. The number of benzene rings is 1. The third-order valence-corrected chi connectivity index (χ3v) is 1.75. The Morgan fingerprint density at radius 2 is 2.07 bits per heavy atom. The van der Waals surface area contributed by atoms with E-state index in [1.165, 1.54) is 12.1 Å². The van der Waals surface area contributed by atoms with Crippen LogP contribution in [0.15, 0.2) is 43.0 Å². The largest absolute Gasteiger partial charge is 0.489 e. The second-order valence-corrected chi connectivity index (χ2v) is 2.76. The van der Waals surface area contributed by atoms with Gasteiger partial charge in [0, 0.05) is 5.56 Å². The van der Waals surface area contributed by atoms with Crippen LogP contribution >= 0.6 is 0 Å². The molecule has 1 rings (SSSR count). The summed E-state index contributed by atoms with van der Waals surface area (Å²) in [5.41, 5.74) is 0.871. The van der Waals surface area contributed by atoms with Crippen LogP contribution in [0.5, 0.6) is 0 Å². The smallest absolute Gasteiger partial charge is 0.123 e. The molecule has 0 saturated carbocycles. The Kier molecular flexibility index (Phi) is 3.92. The molecule has 0 amide bonds. The molecule has 0 aromatic heterocycles. The molecule has 1 aromatic carbocycles. The minimum absolute atomic E-state index is 0.243. The van der Waals surface area contributed by atoms with Crippen LogP contribution in [0, 0.1) is 5.82 Å². The number of ether oxygens (including phenoxy) is 1. The summed E-state index contributed by atoms with van der Waals surface area (Å²) in [6.07, 6.45) is 3.52. The highest BCUT2D eigenvalue weighted by Crippen LogP contribution is 2.15. The second kappa shape index (κ2) is 5.22. The molecule has 0 fully saturated rings. The lowest BCUT2D eigenvalue weighted by molar-refractivity contribution is 0.319. The van der Waals surface area contributed by atoms with E-state index in [0.29, 0.717) is 6.61 Å². The Morgan fingerprint density at radius 1 is 1.43 bits per heavy atom. The monoisotopic (exact) mass is 192 g/mol. The Hall–Kier alpha value is -1.57. The summed E-state index contributed by atoms with van der Waals surface area (Å²) in [6, 6.07) is 6.20. The van der Waals surface area contributed by atoms with Crippen molar-refractivity contribution in [3.8, 4) is 0 Å². The molecule has 1 nitrogen and oxygen atoms in total. The lowest BCUT2D eigenvalue weighted by atomic mass is 10.2. The average molecular weight is 192 g/mol. The highest BCUT2D eigenvalue weighted by molar-refractivity contribution is 5.59. The van der Waals surface area contributed by atoms with Gasteiger partial charge in [-0.3, -0.25) is 0 Å². The van der Waals surface area contributed by atoms with Gasteiger partial charge in [0.05, 0.1) is 0 Å². The summed E-state index contributed by atoms with van der Waals surface area (Å²) in [6.45, 7) is 5.89. The van der Waals surface area contributed by atoms with Crippen molar-refractivity contribution in [3.05, 3.63) is 54.4 Å². The van der Waals surface area contributed by atoms with Crippen LogP contribution in [0.2, 0.25) is 0 Å². The highest BCUT2D eigenvalue weighted by atomic mass is 19.1. The second-order valence-electron chi connectivity index (χ2n) is 2.76. The van der Waals surface area contributed by atoms with Crippen LogP contribution in [-0.4, -0.2) is 6.61 Å². The van der Waals surface area contributed by atoms with Crippen LogP contribution in [0.1, 0.15) is 12.5 Å². The quantitative estimate of drug-likeness (QED) is 0.525. The van der Waals surface area contributed by atoms with Gasteiger partial charge in [0.1, 0.15) is 18.2 Å². The van der Waals surface area contributed by atoms with Crippen molar-refractivity contribution in [2.24, 2.45) is 0 Å². The standard InChI is InChI=1S/C12H13FO/c1-3-9-14-12(4-2)10-5-7-11(13)8-6-10/h3-8H,1,9H2,2H3/b12-4-. The molecule has 0 saturated heterocycles. The predicted octanol–water partition coefficient (Wildman–Crippen LogP) is 3.39. The van der Waals surface area contributed by atoms with Crippen LogP contribution < -0.4 is 0 Å². The zero-order chi connectivity index (χ0) is 10.4. The Morgan fingerprint density at radius 3 is 2.57 bits per heavy atom. The molecule has 0 aliphatic heterocycles. The molecule has 0 atom stereocenters. The lowest BCUT2D eigenvalue weighted by Gasteiger charge is -2.07. The first-order valence-electron chi connectivity index (χ1n) is 4.44. The van der Waals surface area contributed by atoms with E-state index in [9.17, 15) is 4.39 Å². The predicted molar refractivity (Wildman–Crippen MR) is 56.2 cm³/mol. The molecule has 0 bridgehead atoms. The minimum Gasteiger partial charge on any atom is -0.489 e. The van der Waals surface area contributed by atoms with Crippen molar-refractivity contribution in [2.45, 2.75) is 6.92 Å². The zero-order valence-electron chi connectivity index (χ0n) is 8.16. The van der Waals surface area contributed by atoms with E-state index in [1.54, 1.807) is 18.2 Å². The van der Waals surface area contributed by atoms with Gasteiger partial charge in [0.2, 0.25) is 0 Å². The number of hydrogen-bond acceptors (Lipinski definition) is 1. The summed E-state index contributed by atoms with van der Waals surface area (Å²) in [7, 11) is 0. The Labute approximate surface area is 83.5 Å². The van der Waals surface area contributed by atoms with Crippen molar-refractivity contribution >= 4 is 5.76 Å². The fourth-order valence-corrected chi connectivity index (χ4v) is 1.10. The normalized spacial score (nSPS) is 11.1. The maximum atomic E-state index is 12.6. The fourth-order valence-electron chi connectivity index (χ4n) is 1.10. The maximum Gasteiger partial charge on any atom is 0.123 e. The van der Waals surface area contributed by atoms with Crippen molar-refractivity contribution < 1.29 is 9.13 Å². The summed E-state index contributed by atoms with van der Waals surface area (Å²) in [5, 5.41) is 0. The summed E-state index contributed by atoms with van der Waals surface area (Å²) >= 11 is 0. The van der Waals surface area contributed by atoms with Gasteiger partial charge < -0.3 is 4.74 Å². The van der Waals surface area contributed by atoms with Gasteiger partial charge in [-0.05, 0) is 37.3 Å². The molecule has 0 aliphatic carbocycles. The van der Waals surface area contributed by atoms with E-state index in [0.717, 1.165) is 11.3 Å². The van der Waals surface area contributed by atoms with Crippen molar-refractivity contribution in [3.63, 3.8) is 0 Å². The van der Waals surface area contributed by atoms with E-state index in [-0.39, 0.29) is 5.82 Å². The number of halogens is 1. The molecule has 1 aromatic rings. The topological polar surface area (TPSA) is 9.23 Å². The summed E-state index contributed by atoms with van der Waals surface area (Å²) in [5.74, 6) is 0.498. The van der Waals surface area contributed by atoms with Crippen LogP contribution in [0.3, 0.4) is 0 Å². The molecule has 0 N–H and O–H groups in total. The van der Waals surface area contributed by atoms with Gasteiger partial charge in [0.25, 0.3) is 0 Å². The molecule has 0 unspecified atom stereocenters. The van der Waals surface area contributed by atoms with Crippen molar-refractivity contribution in [2.75, 3.05) is 6.61 Å². The number of allylic oxidation sites excluding steroid dienone is 1. The molecule has 74 valence electrons. The van der Waals surface area contributed by atoms with Gasteiger partial charge in [-0.25, -0.2) is 4.39 Å². The first-order valence-corrected chi connectivity index (χ1v) is 4.44. The van der Waals surface area contributed by atoms with E-state index in [2.05, 4.69) is 6.58 Å². The summed E-state index contributed by atoms with van der Waals surface area (Å²) in [4.78, 5) is 0. The van der Waals surface area contributed by atoms with Crippen molar-refractivity contribution in [1.82, 2.24) is 0 Å². The van der Waals surface area contributed by atoms with Gasteiger partial charge in [-0.2, -0.15) is 0 Å². The zero-order valence-corrected chi connectivity index (χ0v) is 8.16. The molecule has 0 spiro atoms. The number of rotatable bonds is 4. The molecular formula is C12H13FO. The molecule has 0 radical (unpaired) electrons. The van der Waals surface area contributed by atoms with Crippen LogP contribution in [0.4, 0.5) is 4.39 Å². The van der Waals surface area contributed by atoms with Gasteiger partial charge in [0.15, 0.2) is 0 Å². The van der Waals surface area contributed by atoms with Gasteiger partial charge in [-0.15, -0.1) is 0 Å². The average Bonchev–Trinajstić information content (AvgIpc) is 2.21. The van der Waals surface area contributed by atoms with Gasteiger partial charge in [-0.1, -0.05) is 12.7 Å². The first-order chi connectivity index (χ1) is 6.77. The molecule has 0 aliphatic rings. The third kappa shape index (κ3) is 2.73. The minimum atomic E-state index is -0.243.